The molecule has 3 aliphatic carbocycles. The first-order chi connectivity index (χ1) is 18.8. The topological polar surface area (TPSA) is 91.8 Å². The summed E-state index contributed by atoms with van der Waals surface area (Å²) in [6.07, 6.45) is 0.169. The van der Waals surface area contributed by atoms with Gasteiger partial charge in [-0.1, -0.05) is 31.2 Å². The molecule has 1 aromatic carbocycles. The number of aromatic nitrogens is 1. The highest BCUT2D eigenvalue weighted by molar-refractivity contribution is 5.88. The number of aliphatic hydroxyl groups is 2. The molecule has 40 heavy (non-hydrogen) atoms. The summed E-state index contributed by atoms with van der Waals surface area (Å²) in [6, 6.07) is 7.30. The van der Waals surface area contributed by atoms with Gasteiger partial charge in [0.15, 0.2) is 0 Å². The molecule has 3 heterocycles. The van der Waals surface area contributed by atoms with Crippen molar-refractivity contribution in [3.63, 3.8) is 0 Å². The van der Waals surface area contributed by atoms with Gasteiger partial charge in [0.05, 0.1) is 17.3 Å². The summed E-state index contributed by atoms with van der Waals surface area (Å²) in [5.41, 5.74) is 4.81. The second kappa shape index (κ2) is 8.18. The smallest absolute Gasteiger partial charge is 0.388 e. The molecule has 9 heteroatoms. The van der Waals surface area contributed by atoms with Crippen molar-refractivity contribution in [3.8, 4) is 0 Å². The standard InChI is InChI=1S/C31H34F3N3O3/c1-28-13-22(31(32,33)34)20-12-21-26(38)27(39)23(37(2)3)14-29(21)8-9-30(20,40-29)24(28)7-6-19(28)16-4-5-17-15-36-25(35)11-18(17)10-16/h4-6,10-12,15,23-24,26-27,38-39H,7-9,13-14H2,1-3H3,(H2,35,36)/t23-,24?,26+,27+,28+,29+,30+/m0/s1. The number of anilines is 1. The van der Waals surface area contributed by atoms with E-state index in [1.54, 1.807) is 18.3 Å². The first-order valence-corrected chi connectivity index (χ1v) is 13.9. The number of benzene rings is 1. The van der Waals surface area contributed by atoms with Gasteiger partial charge in [0, 0.05) is 34.5 Å². The molecular formula is C31H34F3N3O3. The number of fused-ring (bicyclic) bond motifs is 2. The SMILES string of the molecule is CN(C)[C@H]1C[C@@]23CC[C@@]4(O2)C(=C(C(F)(F)F)C[C@]2(C)C(c5ccc6cnc(N)cc6c5)=CCC24)C=C3[C@@H](O)[C@@H]1O. The van der Waals surface area contributed by atoms with Crippen LogP contribution < -0.4 is 5.73 Å². The number of halogens is 3. The van der Waals surface area contributed by atoms with E-state index in [4.69, 9.17) is 10.5 Å². The van der Waals surface area contributed by atoms with Crippen molar-refractivity contribution in [2.24, 2.45) is 11.3 Å². The number of nitrogens with two attached hydrogens (primary N) is 1. The lowest BCUT2D eigenvalue weighted by Crippen LogP contribution is -2.62. The van der Waals surface area contributed by atoms with Gasteiger partial charge in [0.25, 0.3) is 0 Å². The number of aliphatic hydroxyl groups excluding tert-OH is 2. The Morgan fingerprint density at radius 1 is 1.12 bits per heavy atom. The molecule has 4 N–H and O–H groups in total. The molecule has 0 amide bonds. The lowest BCUT2D eigenvalue weighted by molar-refractivity contribution is -0.170. The van der Waals surface area contributed by atoms with Crippen LogP contribution >= 0.6 is 0 Å². The molecule has 1 saturated carbocycles. The number of alkyl halides is 3. The number of likely N-dealkylation sites (N-methyl/N-ethyl adjacent to an activating group) is 1. The summed E-state index contributed by atoms with van der Waals surface area (Å²) < 4.78 is 51.7. The van der Waals surface area contributed by atoms with Crippen molar-refractivity contribution < 1.29 is 28.1 Å². The van der Waals surface area contributed by atoms with E-state index < -0.39 is 40.6 Å². The predicted octanol–water partition coefficient (Wildman–Crippen LogP) is 4.77. The molecule has 2 aromatic rings. The van der Waals surface area contributed by atoms with Crippen LogP contribution in [0.25, 0.3) is 16.3 Å². The molecule has 212 valence electrons. The normalized spacial score (nSPS) is 38.7. The molecule has 2 fully saturated rings. The van der Waals surface area contributed by atoms with E-state index in [-0.39, 0.29) is 24.0 Å². The van der Waals surface area contributed by atoms with E-state index >= 15 is 0 Å². The summed E-state index contributed by atoms with van der Waals surface area (Å²) in [5, 5.41) is 23.9. The molecule has 2 spiro atoms. The molecular weight excluding hydrogens is 519 g/mol. The Morgan fingerprint density at radius 2 is 1.90 bits per heavy atom. The first-order valence-electron chi connectivity index (χ1n) is 13.9. The summed E-state index contributed by atoms with van der Waals surface area (Å²) in [5.74, 6) is 0.191. The van der Waals surface area contributed by atoms with Crippen molar-refractivity contribution in [1.82, 2.24) is 9.88 Å². The molecule has 0 radical (unpaired) electrons. The Balaban J connectivity index is 1.39. The van der Waals surface area contributed by atoms with Crippen molar-refractivity contribution in [1.29, 1.82) is 0 Å². The fourth-order valence-corrected chi connectivity index (χ4v) is 8.70. The first kappa shape index (κ1) is 26.2. The Kier molecular flexibility index (Phi) is 5.36. The summed E-state index contributed by atoms with van der Waals surface area (Å²) >= 11 is 0. The number of allylic oxidation sites excluding steroid dienone is 3. The zero-order valence-electron chi connectivity index (χ0n) is 22.8. The number of hydrogen-bond acceptors (Lipinski definition) is 6. The van der Waals surface area contributed by atoms with Gasteiger partial charge in [0.2, 0.25) is 0 Å². The molecule has 5 aliphatic rings. The van der Waals surface area contributed by atoms with Gasteiger partial charge in [-0.05, 0) is 86.0 Å². The third-order valence-corrected chi connectivity index (χ3v) is 10.6. The monoisotopic (exact) mass is 553 g/mol. The third-order valence-electron chi connectivity index (χ3n) is 10.6. The van der Waals surface area contributed by atoms with Crippen LogP contribution in [0.1, 0.15) is 44.6 Å². The van der Waals surface area contributed by atoms with Crippen molar-refractivity contribution >= 4 is 22.2 Å². The van der Waals surface area contributed by atoms with Gasteiger partial charge >= 0.3 is 6.18 Å². The van der Waals surface area contributed by atoms with Crippen LogP contribution in [0.5, 0.6) is 0 Å². The van der Waals surface area contributed by atoms with E-state index in [2.05, 4.69) is 11.1 Å². The van der Waals surface area contributed by atoms with Crippen LogP contribution in [-0.4, -0.2) is 69.8 Å². The highest BCUT2D eigenvalue weighted by Crippen LogP contribution is 2.70. The average molecular weight is 554 g/mol. The Labute approximate surface area is 231 Å². The average Bonchev–Trinajstić information content (AvgIpc) is 3.40. The van der Waals surface area contributed by atoms with E-state index in [9.17, 15) is 23.4 Å². The molecule has 7 rings (SSSR count). The third kappa shape index (κ3) is 3.35. The van der Waals surface area contributed by atoms with Gasteiger partial charge in [-0.25, -0.2) is 4.98 Å². The molecule has 1 saturated heterocycles. The van der Waals surface area contributed by atoms with Crippen molar-refractivity contribution in [2.75, 3.05) is 19.8 Å². The van der Waals surface area contributed by atoms with Crippen LogP contribution in [0.3, 0.4) is 0 Å². The molecule has 2 bridgehead atoms. The van der Waals surface area contributed by atoms with E-state index in [0.717, 1.165) is 21.9 Å². The number of nitrogen functional groups attached to an aromatic ring is 1. The number of pyridine rings is 1. The maximum atomic E-state index is 14.9. The second-order valence-corrected chi connectivity index (χ2v) is 12.8. The zero-order valence-corrected chi connectivity index (χ0v) is 22.8. The lowest BCUT2D eigenvalue weighted by atomic mass is 9.56. The van der Waals surface area contributed by atoms with Crippen LogP contribution in [0, 0.1) is 11.3 Å². The van der Waals surface area contributed by atoms with Gasteiger partial charge in [0.1, 0.15) is 11.9 Å². The number of rotatable bonds is 2. The number of nitrogens with zero attached hydrogens (tertiary/aromatic N) is 2. The fraction of sp³-hybridized carbons (Fsp3) is 0.516. The molecule has 7 atom stereocenters. The molecule has 1 aromatic heterocycles. The summed E-state index contributed by atoms with van der Waals surface area (Å²) in [6.45, 7) is 1.95. The van der Waals surface area contributed by atoms with Crippen molar-refractivity contribution in [2.45, 2.75) is 74.7 Å². The Morgan fingerprint density at radius 3 is 2.62 bits per heavy atom. The van der Waals surface area contributed by atoms with Gasteiger partial charge in [-0.15, -0.1) is 0 Å². The van der Waals surface area contributed by atoms with Crippen LogP contribution in [0.2, 0.25) is 0 Å². The number of hydrogen-bond donors (Lipinski definition) is 3. The van der Waals surface area contributed by atoms with Gasteiger partial charge in [-0.2, -0.15) is 13.2 Å². The van der Waals surface area contributed by atoms with E-state index in [1.807, 2.05) is 44.1 Å². The second-order valence-electron chi connectivity index (χ2n) is 12.8. The van der Waals surface area contributed by atoms with Gasteiger partial charge < -0.3 is 25.6 Å². The van der Waals surface area contributed by atoms with E-state index in [1.165, 1.54) is 0 Å². The molecule has 6 nitrogen and oxygen atoms in total. The summed E-state index contributed by atoms with van der Waals surface area (Å²) in [4.78, 5) is 6.02. The quantitative estimate of drug-likeness (QED) is 0.496. The Bertz CT molecular complexity index is 1530. The molecule has 1 unspecified atom stereocenters. The van der Waals surface area contributed by atoms with Gasteiger partial charge in [-0.3, -0.25) is 0 Å². The zero-order chi connectivity index (χ0) is 28.4. The predicted molar refractivity (Wildman–Crippen MR) is 146 cm³/mol. The highest BCUT2D eigenvalue weighted by atomic mass is 19.4. The van der Waals surface area contributed by atoms with Crippen molar-refractivity contribution in [3.05, 3.63) is 64.9 Å². The lowest BCUT2D eigenvalue weighted by Gasteiger charge is -2.57. The highest BCUT2D eigenvalue weighted by Gasteiger charge is 2.69. The minimum atomic E-state index is -4.57. The van der Waals surface area contributed by atoms with Crippen LogP contribution in [0.4, 0.5) is 19.0 Å². The minimum Gasteiger partial charge on any atom is -0.388 e. The Hall–Kier alpha value is -2.72. The van der Waals surface area contributed by atoms with Crippen LogP contribution in [-0.2, 0) is 4.74 Å². The fourth-order valence-electron chi connectivity index (χ4n) is 8.70. The van der Waals surface area contributed by atoms with E-state index in [0.29, 0.717) is 37.1 Å². The summed E-state index contributed by atoms with van der Waals surface area (Å²) in [7, 11) is 3.68. The maximum Gasteiger partial charge on any atom is 0.413 e. The minimum absolute atomic E-state index is 0.146. The largest absolute Gasteiger partial charge is 0.413 e. The number of ether oxygens (including phenoxy) is 1. The van der Waals surface area contributed by atoms with Crippen LogP contribution in [0.15, 0.2) is 59.3 Å². The molecule has 2 aliphatic heterocycles. The maximum absolute atomic E-state index is 14.9.